The standard InChI is InChI=1S/C21H25NO3/c1-13-10-11-17-16(12-13)20(25-14(2)23)21(3,4)19(22-17)15-8-6-7-9-18(15)24-5/h6-12,19-20,22H,1-5H3/t19-,20-/m1/s1. The summed E-state index contributed by atoms with van der Waals surface area (Å²) in [4.78, 5) is 11.8. The molecule has 0 saturated carbocycles. The topological polar surface area (TPSA) is 47.6 Å². The highest BCUT2D eigenvalue weighted by Crippen LogP contribution is 2.54. The lowest BCUT2D eigenvalue weighted by atomic mass is 9.70. The van der Waals surface area contributed by atoms with Crippen LogP contribution in [-0.4, -0.2) is 13.1 Å². The first kappa shape index (κ1) is 17.3. The highest BCUT2D eigenvalue weighted by Gasteiger charge is 2.46. The number of para-hydroxylation sites is 1. The van der Waals surface area contributed by atoms with Crippen LogP contribution in [0.25, 0.3) is 0 Å². The number of esters is 1. The fourth-order valence-electron chi connectivity index (χ4n) is 3.69. The molecule has 0 aliphatic carbocycles. The van der Waals surface area contributed by atoms with Crippen molar-refractivity contribution in [2.75, 3.05) is 12.4 Å². The number of aryl methyl sites for hydroxylation is 1. The number of carbonyl (C=O) groups is 1. The van der Waals surface area contributed by atoms with Gasteiger partial charge in [-0.2, -0.15) is 0 Å². The quantitative estimate of drug-likeness (QED) is 0.816. The van der Waals surface area contributed by atoms with Gasteiger partial charge in [0.15, 0.2) is 0 Å². The van der Waals surface area contributed by atoms with E-state index in [0.29, 0.717) is 0 Å². The first-order valence-electron chi connectivity index (χ1n) is 8.52. The Labute approximate surface area is 149 Å². The van der Waals surface area contributed by atoms with Crippen LogP contribution in [0.15, 0.2) is 42.5 Å². The van der Waals surface area contributed by atoms with E-state index in [1.54, 1.807) is 7.11 Å². The molecule has 0 unspecified atom stereocenters. The van der Waals surface area contributed by atoms with Crippen molar-refractivity contribution in [2.24, 2.45) is 5.41 Å². The number of fused-ring (bicyclic) bond motifs is 1. The Morgan fingerprint density at radius 1 is 1.12 bits per heavy atom. The molecule has 4 heteroatoms. The summed E-state index contributed by atoms with van der Waals surface area (Å²) in [7, 11) is 1.68. The van der Waals surface area contributed by atoms with E-state index >= 15 is 0 Å². The van der Waals surface area contributed by atoms with Crippen molar-refractivity contribution >= 4 is 11.7 Å². The largest absolute Gasteiger partial charge is 0.496 e. The predicted octanol–water partition coefficient (Wildman–Crippen LogP) is 4.80. The van der Waals surface area contributed by atoms with Crippen LogP contribution in [0.5, 0.6) is 5.75 Å². The van der Waals surface area contributed by atoms with Crippen LogP contribution in [0, 0.1) is 12.3 Å². The molecular formula is C21H25NO3. The van der Waals surface area contributed by atoms with E-state index in [1.807, 2.05) is 25.1 Å². The third kappa shape index (κ3) is 3.09. The first-order valence-corrected chi connectivity index (χ1v) is 8.52. The zero-order valence-electron chi connectivity index (χ0n) is 15.4. The summed E-state index contributed by atoms with van der Waals surface area (Å²) in [5.41, 5.74) is 3.85. The smallest absolute Gasteiger partial charge is 0.303 e. The molecule has 2 atom stereocenters. The Kier molecular flexibility index (Phi) is 4.46. The Balaban J connectivity index is 2.16. The molecule has 0 saturated heterocycles. The molecule has 0 bridgehead atoms. The molecule has 1 aliphatic rings. The van der Waals surface area contributed by atoms with Crippen LogP contribution < -0.4 is 10.1 Å². The third-order valence-electron chi connectivity index (χ3n) is 4.94. The summed E-state index contributed by atoms with van der Waals surface area (Å²) in [5.74, 6) is 0.552. The highest BCUT2D eigenvalue weighted by atomic mass is 16.5. The fraction of sp³-hybridized carbons (Fsp3) is 0.381. The highest BCUT2D eigenvalue weighted by molar-refractivity contribution is 5.68. The van der Waals surface area contributed by atoms with Gasteiger partial charge in [-0.3, -0.25) is 4.79 Å². The zero-order valence-corrected chi connectivity index (χ0v) is 15.4. The summed E-state index contributed by atoms with van der Waals surface area (Å²) in [6.07, 6.45) is -0.337. The van der Waals surface area contributed by atoms with Gasteiger partial charge in [0.2, 0.25) is 0 Å². The van der Waals surface area contributed by atoms with Gasteiger partial charge in [-0.25, -0.2) is 0 Å². The van der Waals surface area contributed by atoms with Gasteiger partial charge in [0.25, 0.3) is 0 Å². The number of rotatable bonds is 3. The van der Waals surface area contributed by atoms with Crippen LogP contribution in [-0.2, 0) is 9.53 Å². The average Bonchev–Trinajstić information content (AvgIpc) is 2.57. The van der Waals surface area contributed by atoms with E-state index in [9.17, 15) is 4.79 Å². The van der Waals surface area contributed by atoms with Gasteiger partial charge in [-0.1, -0.05) is 49.7 Å². The molecule has 1 N–H and O–H groups in total. The van der Waals surface area contributed by atoms with Crippen molar-refractivity contribution in [3.8, 4) is 5.75 Å². The monoisotopic (exact) mass is 339 g/mol. The van der Waals surface area contributed by atoms with E-state index in [1.165, 1.54) is 6.92 Å². The molecule has 1 heterocycles. The minimum atomic E-state index is -0.360. The first-order chi connectivity index (χ1) is 11.8. The molecule has 1 aliphatic heterocycles. The molecular weight excluding hydrogens is 314 g/mol. The van der Waals surface area contributed by atoms with Crippen LogP contribution in [0.3, 0.4) is 0 Å². The maximum absolute atomic E-state index is 11.8. The molecule has 0 radical (unpaired) electrons. The third-order valence-corrected chi connectivity index (χ3v) is 4.94. The maximum Gasteiger partial charge on any atom is 0.303 e. The lowest BCUT2D eigenvalue weighted by molar-refractivity contribution is -0.154. The molecule has 0 aromatic heterocycles. The molecule has 25 heavy (non-hydrogen) atoms. The molecule has 132 valence electrons. The molecule has 0 amide bonds. The molecule has 2 aromatic rings. The number of nitrogens with one attached hydrogen (secondary N) is 1. The second kappa shape index (κ2) is 6.43. The summed E-state index contributed by atoms with van der Waals surface area (Å²) in [5, 5.41) is 3.64. The van der Waals surface area contributed by atoms with Gasteiger partial charge < -0.3 is 14.8 Å². The van der Waals surface area contributed by atoms with Crippen molar-refractivity contribution in [3.63, 3.8) is 0 Å². The number of ether oxygens (including phenoxy) is 2. The summed E-state index contributed by atoms with van der Waals surface area (Å²) >= 11 is 0. The molecule has 2 aromatic carbocycles. The molecule has 0 fully saturated rings. The molecule has 0 spiro atoms. The average molecular weight is 339 g/mol. The van der Waals surface area contributed by atoms with Crippen LogP contribution in [0.1, 0.15) is 49.6 Å². The summed E-state index contributed by atoms with van der Waals surface area (Å²) < 4.78 is 11.4. The lowest BCUT2D eigenvalue weighted by Gasteiger charge is -2.46. The Morgan fingerprint density at radius 2 is 1.84 bits per heavy atom. The van der Waals surface area contributed by atoms with Gasteiger partial charge in [-0.05, 0) is 19.1 Å². The minimum absolute atomic E-state index is 0.0526. The minimum Gasteiger partial charge on any atom is -0.496 e. The summed E-state index contributed by atoms with van der Waals surface area (Å²) in [6.45, 7) is 7.75. The van der Waals surface area contributed by atoms with Crippen molar-refractivity contribution in [1.29, 1.82) is 0 Å². The number of methoxy groups -OCH3 is 1. The Morgan fingerprint density at radius 3 is 2.52 bits per heavy atom. The molecule has 4 nitrogen and oxygen atoms in total. The second-order valence-electron chi connectivity index (χ2n) is 7.22. The van der Waals surface area contributed by atoms with E-state index in [0.717, 1.165) is 28.1 Å². The Bertz CT molecular complexity index is 797. The normalized spacial score (nSPS) is 21.0. The van der Waals surface area contributed by atoms with Crippen molar-refractivity contribution in [3.05, 3.63) is 59.2 Å². The van der Waals surface area contributed by atoms with Gasteiger partial charge in [0.05, 0.1) is 13.2 Å². The number of carbonyl (C=O) groups excluding carboxylic acids is 1. The van der Waals surface area contributed by atoms with E-state index in [-0.39, 0.29) is 23.5 Å². The van der Waals surface area contributed by atoms with Gasteiger partial charge in [-0.15, -0.1) is 0 Å². The number of hydrogen-bond acceptors (Lipinski definition) is 4. The second-order valence-corrected chi connectivity index (χ2v) is 7.22. The SMILES string of the molecule is COc1ccccc1[C@H]1Nc2ccc(C)cc2[C@@H](OC(C)=O)C1(C)C. The Hall–Kier alpha value is -2.49. The van der Waals surface area contributed by atoms with Crippen LogP contribution >= 0.6 is 0 Å². The van der Waals surface area contributed by atoms with E-state index in [4.69, 9.17) is 9.47 Å². The number of anilines is 1. The summed E-state index contributed by atoms with van der Waals surface area (Å²) in [6, 6.07) is 14.1. The zero-order chi connectivity index (χ0) is 18.2. The van der Waals surface area contributed by atoms with Crippen molar-refractivity contribution in [2.45, 2.75) is 39.8 Å². The van der Waals surface area contributed by atoms with Crippen molar-refractivity contribution < 1.29 is 14.3 Å². The lowest BCUT2D eigenvalue weighted by Crippen LogP contribution is -2.40. The van der Waals surface area contributed by atoms with Crippen LogP contribution in [0.2, 0.25) is 0 Å². The van der Waals surface area contributed by atoms with Crippen LogP contribution in [0.4, 0.5) is 5.69 Å². The maximum atomic E-state index is 11.8. The number of benzene rings is 2. The number of hydrogen-bond donors (Lipinski definition) is 1. The van der Waals surface area contributed by atoms with E-state index in [2.05, 4.69) is 43.4 Å². The van der Waals surface area contributed by atoms with E-state index < -0.39 is 0 Å². The fourth-order valence-corrected chi connectivity index (χ4v) is 3.69. The van der Waals surface area contributed by atoms with Gasteiger partial charge in [0.1, 0.15) is 11.9 Å². The predicted molar refractivity (Wildman–Crippen MR) is 98.8 cm³/mol. The molecule has 3 rings (SSSR count). The van der Waals surface area contributed by atoms with Gasteiger partial charge >= 0.3 is 5.97 Å². The van der Waals surface area contributed by atoms with Crippen molar-refractivity contribution in [1.82, 2.24) is 0 Å². The van der Waals surface area contributed by atoms with Gasteiger partial charge in [0, 0.05) is 29.2 Å².